The summed E-state index contributed by atoms with van der Waals surface area (Å²) in [6, 6.07) is 8.44. The van der Waals surface area contributed by atoms with E-state index in [9.17, 15) is 4.79 Å². The number of fused-ring (bicyclic) bond motifs is 1. The first-order valence-electron chi connectivity index (χ1n) is 8.33. The fourth-order valence-corrected chi connectivity index (χ4v) is 2.77. The van der Waals surface area contributed by atoms with E-state index in [1.807, 2.05) is 39.0 Å². The Kier molecular flexibility index (Phi) is 6.56. The number of benzene rings is 1. The van der Waals surface area contributed by atoms with Crippen molar-refractivity contribution in [2.24, 2.45) is 0 Å². The van der Waals surface area contributed by atoms with Crippen LogP contribution in [0.3, 0.4) is 0 Å². The molecule has 1 aromatic heterocycles. The van der Waals surface area contributed by atoms with Gasteiger partial charge in [-0.1, -0.05) is 35.9 Å². The molecular formula is C18H25ClN4O2. The molecular weight excluding hydrogens is 340 g/mol. The molecule has 1 aliphatic rings. The van der Waals surface area contributed by atoms with Crippen molar-refractivity contribution in [1.82, 2.24) is 15.5 Å². The van der Waals surface area contributed by atoms with Crippen LogP contribution in [-0.4, -0.2) is 47.9 Å². The Morgan fingerprint density at radius 3 is 2.52 bits per heavy atom. The molecule has 1 N–H and O–H groups in total. The van der Waals surface area contributed by atoms with Crippen molar-refractivity contribution in [3.63, 3.8) is 0 Å². The standard InChI is InChI=1S/C13H15ClN4.C5H10O2/c1-9-8-15-6-7-18(9)13-11-5-3-2-4-10(11)12(14)16-17-13;1-5(2,3)7-4-6/h2-5,9,15H,6-8H2,1H3;4H,1-3H3/t9-;/m0./s1. The lowest BCUT2D eigenvalue weighted by Gasteiger charge is -2.35. The summed E-state index contributed by atoms with van der Waals surface area (Å²) in [6.07, 6.45) is 0. The van der Waals surface area contributed by atoms with Gasteiger partial charge in [0.25, 0.3) is 6.47 Å². The minimum atomic E-state index is -0.318. The van der Waals surface area contributed by atoms with Crippen LogP contribution in [0.4, 0.5) is 5.82 Å². The fraction of sp³-hybridized carbons (Fsp3) is 0.500. The second-order valence-corrected chi connectivity index (χ2v) is 7.29. The molecule has 1 aliphatic heterocycles. The zero-order chi connectivity index (χ0) is 18.4. The van der Waals surface area contributed by atoms with Gasteiger partial charge in [0.1, 0.15) is 5.60 Å². The summed E-state index contributed by atoms with van der Waals surface area (Å²) in [6.45, 7) is 11.0. The van der Waals surface area contributed by atoms with Crippen molar-refractivity contribution < 1.29 is 9.53 Å². The van der Waals surface area contributed by atoms with Crippen molar-refractivity contribution >= 4 is 34.7 Å². The SMILES string of the molecule is CC(C)(C)OC=O.C[C@H]1CNCCN1c1nnc(Cl)c2ccccc12. The normalized spacial score (nSPS) is 17.6. The summed E-state index contributed by atoms with van der Waals surface area (Å²) in [5, 5.41) is 14.3. The largest absolute Gasteiger partial charge is 0.462 e. The number of halogens is 1. The molecule has 0 aliphatic carbocycles. The van der Waals surface area contributed by atoms with Gasteiger partial charge >= 0.3 is 0 Å². The van der Waals surface area contributed by atoms with Crippen molar-refractivity contribution in [2.45, 2.75) is 39.3 Å². The van der Waals surface area contributed by atoms with Gasteiger partial charge < -0.3 is 15.0 Å². The number of anilines is 1. The number of carbonyl (C=O) groups excluding carboxylic acids is 1. The lowest BCUT2D eigenvalue weighted by atomic mass is 10.1. The highest BCUT2D eigenvalue weighted by Crippen LogP contribution is 2.29. The first kappa shape index (κ1) is 19.4. The molecule has 2 heterocycles. The average Bonchev–Trinajstić information content (AvgIpc) is 2.56. The summed E-state index contributed by atoms with van der Waals surface area (Å²) in [5.74, 6) is 0.934. The predicted octanol–water partition coefficient (Wildman–Crippen LogP) is 3.04. The zero-order valence-electron chi connectivity index (χ0n) is 15.1. The van der Waals surface area contributed by atoms with Gasteiger partial charge in [-0.3, -0.25) is 4.79 Å². The summed E-state index contributed by atoms with van der Waals surface area (Å²) in [5.41, 5.74) is -0.318. The van der Waals surface area contributed by atoms with Crippen LogP contribution in [0.1, 0.15) is 27.7 Å². The lowest BCUT2D eigenvalue weighted by molar-refractivity contribution is -0.138. The monoisotopic (exact) mass is 364 g/mol. The van der Waals surface area contributed by atoms with Crippen LogP contribution in [0.15, 0.2) is 24.3 Å². The Hall–Kier alpha value is -1.92. The number of hydrogen-bond donors (Lipinski definition) is 1. The van der Waals surface area contributed by atoms with E-state index in [1.54, 1.807) is 0 Å². The van der Waals surface area contributed by atoms with E-state index in [4.69, 9.17) is 11.6 Å². The van der Waals surface area contributed by atoms with Crippen LogP contribution in [-0.2, 0) is 9.53 Å². The molecule has 0 spiro atoms. The van der Waals surface area contributed by atoms with Crippen molar-refractivity contribution in [2.75, 3.05) is 24.5 Å². The summed E-state index contributed by atoms with van der Waals surface area (Å²) in [7, 11) is 0. The van der Waals surface area contributed by atoms with Gasteiger partial charge in [0.15, 0.2) is 11.0 Å². The van der Waals surface area contributed by atoms with Crippen LogP contribution in [0.2, 0.25) is 5.15 Å². The molecule has 6 nitrogen and oxygen atoms in total. The Balaban J connectivity index is 0.000000277. The molecule has 1 fully saturated rings. The molecule has 1 aromatic carbocycles. The number of ether oxygens (including phenoxy) is 1. The van der Waals surface area contributed by atoms with E-state index in [-0.39, 0.29) is 5.60 Å². The van der Waals surface area contributed by atoms with Gasteiger partial charge in [-0.15, -0.1) is 10.2 Å². The topological polar surface area (TPSA) is 67.3 Å². The molecule has 0 bridgehead atoms. The number of hydrogen-bond acceptors (Lipinski definition) is 6. The predicted molar refractivity (Wildman–Crippen MR) is 101 cm³/mol. The minimum Gasteiger partial charge on any atom is -0.462 e. The third kappa shape index (κ3) is 5.28. The Morgan fingerprint density at radius 2 is 1.96 bits per heavy atom. The van der Waals surface area contributed by atoms with Crippen LogP contribution in [0.5, 0.6) is 0 Å². The maximum atomic E-state index is 9.60. The van der Waals surface area contributed by atoms with Crippen molar-refractivity contribution in [3.8, 4) is 0 Å². The van der Waals surface area contributed by atoms with Gasteiger partial charge in [0, 0.05) is 36.4 Å². The number of rotatable bonds is 2. The van der Waals surface area contributed by atoms with Crippen LogP contribution >= 0.6 is 11.6 Å². The third-order valence-corrected chi connectivity index (χ3v) is 4.08. The molecule has 7 heteroatoms. The maximum absolute atomic E-state index is 9.60. The van der Waals surface area contributed by atoms with Crippen molar-refractivity contribution in [3.05, 3.63) is 29.4 Å². The Bertz CT molecular complexity index is 718. The first-order valence-corrected chi connectivity index (χ1v) is 8.71. The molecule has 0 unspecified atom stereocenters. The third-order valence-electron chi connectivity index (χ3n) is 3.80. The molecule has 1 saturated heterocycles. The van der Waals surface area contributed by atoms with Crippen LogP contribution in [0, 0.1) is 0 Å². The number of nitrogens with zero attached hydrogens (tertiary/aromatic N) is 3. The fourth-order valence-electron chi connectivity index (χ4n) is 2.57. The number of carbonyl (C=O) groups is 1. The van der Waals surface area contributed by atoms with E-state index in [0.717, 1.165) is 36.2 Å². The highest BCUT2D eigenvalue weighted by atomic mass is 35.5. The smallest absolute Gasteiger partial charge is 0.293 e. The van der Waals surface area contributed by atoms with E-state index in [0.29, 0.717) is 17.7 Å². The molecule has 0 amide bonds. The highest BCUT2D eigenvalue weighted by molar-refractivity contribution is 6.34. The molecule has 136 valence electrons. The summed E-state index contributed by atoms with van der Waals surface area (Å²) < 4.78 is 4.55. The Labute approximate surface area is 153 Å². The number of nitrogens with one attached hydrogen (secondary N) is 1. The molecule has 0 radical (unpaired) electrons. The maximum Gasteiger partial charge on any atom is 0.293 e. The molecule has 1 atom stereocenters. The summed E-state index contributed by atoms with van der Waals surface area (Å²) >= 11 is 6.10. The molecule has 2 aromatic rings. The van der Waals surface area contributed by atoms with Crippen LogP contribution in [0.25, 0.3) is 10.8 Å². The van der Waals surface area contributed by atoms with Crippen LogP contribution < -0.4 is 10.2 Å². The number of aromatic nitrogens is 2. The quantitative estimate of drug-likeness (QED) is 0.826. The van der Waals surface area contributed by atoms with E-state index in [1.165, 1.54) is 0 Å². The molecule has 0 saturated carbocycles. The average molecular weight is 365 g/mol. The molecule has 25 heavy (non-hydrogen) atoms. The van der Waals surface area contributed by atoms with Gasteiger partial charge in [-0.2, -0.15) is 0 Å². The number of piperazine rings is 1. The van der Waals surface area contributed by atoms with Gasteiger partial charge in [-0.25, -0.2) is 0 Å². The minimum absolute atomic E-state index is 0.318. The zero-order valence-corrected chi connectivity index (χ0v) is 15.9. The first-order chi connectivity index (χ1) is 11.8. The molecule has 3 rings (SSSR count). The van der Waals surface area contributed by atoms with Gasteiger partial charge in [0.2, 0.25) is 0 Å². The Morgan fingerprint density at radius 1 is 1.28 bits per heavy atom. The summed E-state index contributed by atoms with van der Waals surface area (Å²) in [4.78, 5) is 11.9. The second-order valence-electron chi connectivity index (χ2n) is 6.93. The second kappa shape index (κ2) is 8.45. The van der Waals surface area contributed by atoms with E-state index < -0.39 is 0 Å². The van der Waals surface area contributed by atoms with Gasteiger partial charge in [0.05, 0.1) is 0 Å². The van der Waals surface area contributed by atoms with Crippen molar-refractivity contribution in [1.29, 1.82) is 0 Å². The highest BCUT2D eigenvalue weighted by Gasteiger charge is 2.22. The van der Waals surface area contributed by atoms with Gasteiger partial charge in [-0.05, 0) is 27.7 Å². The van der Waals surface area contributed by atoms with E-state index >= 15 is 0 Å². The van der Waals surface area contributed by atoms with E-state index in [2.05, 4.69) is 38.1 Å². The lowest BCUT2D eigenvalue weighted by Crippen LogP contribution is -2.50.